The Hall–Kier alpha value is -5.05. The summed E-state index contributed by atoms with van der Waals surface area (Å²) in [5, 5.41) is 14.2. The van der Waals surface area contributed by atoms with Crippen LogP contribution in [0, 0.1) is 6.92 Å². The second kappa shape index (κ2) is 10.1. The van der Waals surface area contributed by atoms with Gasteiger partial charge < -0.3 is 10.6 Å². The molecule has 0 bridgehead atoms. The van der Waals surface area contributed by atoms with E-state index in [1.54, 1.807) is 34.0 Å². The normalized spacial score (nSPS) is 10.7. The van der Waals surface area contributed by atoms with E-state index in [0.717, 1.165) is 22.5 Å². The minimum absolute atomic E-state index is 0.187. The molecule has 9 nitrogen and oxygen atoms in total. The number of nitrogens with zero attached hydrogens (tertiary/aromatic N) is 5. The van der Waals surface area contributed by atoms with Crippen LogP contribution < -0.4 is 10.6 Å². The highest BCUT2D eigenvalue weighted by Crippen LogP contribution is 2.24. The molecular formula is C27H23N7O2. The average Bonchev–Trinajstić information content (AvgIpc) is 3.60. The van der Waals surface area contributed by atoms with Crippen molar-refractivity contribution in [3.63, 3.8) is 0 Å². The number of hydrogen-bond acceptors (Lipinski definition) is 5. The number of benzene rings is 3. The molecule has 5 rings (SSSR count). The molecule has 2 heterocycles. The molecule has 178 valence electrons. The van der Waals surface area contributed by atoms with Crippen LogP contribution in [0.2, 0.25) is 0 Å². The van der Waals surface area contributed by atoms with E-state index in [9.17, 15) is 9.59 Å². The highest BCUT2D eigenvalue weighted by Gasteiger charge is 2.19. The monoisotopic (exact) mass is 477 g/mol. The van der Waals surface area contributed by atoms with Crippen LogP contribution in [-0.4, -0.2) is 42.9 Å². The van der Waals surface area contributed by atoms with E-state index in [1.807, 2.05) is 73.7 Å². The predicted octanol–water partition coefficient (Wildman–Crippen LogP) is 3.80. The topological polar surface area (TPSA) is 107 Å². The summed E-state index contributed by atoms with van der Waals surface area (Å²) in [5.74, 6) is -0.729. The van der Waals surface area contributed by atoms with Crippen molar-refractivity contribution in [3.8, 4) is 22.6 Å². The summed E-state index contributed by atoms with van der Waals surface area (Å²) in [6.07, 6.45) is 4.73. The third kappa shape index (κ3) is 5.05. The van der Waals surface area contributed by atoms with Gasteiger partial charge in [-0.05, 0) is 43.3 Å². The molecule has 0 spiro atoms. The van der Waals surface area contributed by atoms with Gasteiger partial charge in [0.25, 0.3) is 5.91 Å². The fourth-order valence-electron chi connectivity index (χ4n) is 3.68. The number of anilines is 1. The lowest BCUT2D eigenvalue weighted by molar-refractivity contribution is -0.115. The van der Waals surface area contributed by atoms with Crippen molar-refractivity contribution < 1.29 is 9.59 Å². The first-order valence-electron chi connectivity index (χ1n) is 11.3. The second-order valence-corrected chi connectivity index (χ2v) is 8.16. The van der Waals surface area contributed by atoms with Crippen LogP contribution in [0.4, 0.5) is 5.69 Å². The van der Waals surface area contributed by atoms with Gasteiger partial charge in [-0.15, -0.1) is 0 Å². The van der Waals surface area contributed by atoms with E-state index in [0.29, 0.717) is 16.9 Å². The molecule has 0 atom stereocenters. The first kappa shape index (κ1) is 22.7. The number of carbonyl (C=O) groups is 2. The second-order valence-electron chi connectivity index (χ2n) is 8.16. The van der Waals surface area contributed by atoms with E-state index in [-0.39, 0.29) is 18.4 Å². The van der Waals surface area contributed by atoms with Crippen LogP contribution in [0.25, 0.3) is 22.6 Å². The van der Waals surface area contributed by atoms with Crippen molar-refractivity contribution in [1.29, 1.82) is 0 Å². The maximum absolute atomic E-state index is 13.1. The SMILES string of the molecule is Cc1ccc(-n2cc(C(=O)NCC(=O)Nc3ccc(-n4cncn4)cc3)c(-c3ccccc3)n2)cc1. The number of carbonyl (C=O) groups excluding carboxylic acids is 2. The molecule has 0 saturated carbocycles. The largest absolute Gasteiger partial charge is 0.343 e. The fraction of sp³-hybridized carbons (Fsp3) is 0.0741. The predicted molar refractivity (Wildman–Crippen MR) is 136 cm³/mol. The molecule has 9 heteroatoms. The standard InChI is InChI=1S/C27H23N7O2/c1-19-7-11-22(12-8-19)33-16-24(26(32-33)20-5-3-2-4-6-20)27(36)29-15-25(35)31-21-9-13-23(14-10-21)34-18-28-17-30-34/h2-14,16-18H,15H2,1H3,(H,29,36)(H,31,35). The van der Waals surface area contributed by atoms with Crippen LogP contribution in [-0.2, 0) is 4.79 Å². The molecule has 0 aliphatic carbocycles. The zero-order chi connectivity index (χ0) is 24.9. The van der Waals surface area contributed by atoms with Crippen LogP contribution in [0.1, 0.15) is 15.9 Å². The highest BCUT2D eigenvalue weighted by atomic mass is 16.2. The molecule has 36 heavy (non-hydrogen) atoms. The Morgan fingerprint density at radius 1 is 0.861 bits per heavy atom. The van der Waals surface area contributed by atoms with Gasteiger partial charge in [0.2, 0.25) is 5.91 Å². The van der Waals surface area contributed by atoms with E-state index < -0.39 is 0 Å². The van der Waals surface area contributed by atoms with Gasteiger partial charge in [0.15, 0.2) is 0 Å². The summed E-state index contributed by atoms with van der Waals surface area (Å²) < 4.78 is 3.29. The molecule has 0 aliphatic rings. The average molecular weight is 478 g/mol. The molecule has 0 aliphatic heterocycles. The zero-order valence-corrected chi connectivity index (χ0v) is 19.5. The van der Waals surface area contributed by atoms with Crippen molar-refractivity contribution in [2.75, 3.05) is 11.9 Å². The number of hydrogen-bond donors (Lipinski definition) is 2. The van der Waals surface area contributed by atoms with Gasteiger partial charge in [-0.2, -0.15) is 10.2 Å². The molecule has 0 unspecified atom stereocenters. The maximum atomic E-state index is 13.1. The van der Waals surface area contributed by atoms with Gasteiger partial charge in [-0.1, -0.05) is 48.0 Å². The van der Waals surface area contributed by atoms with Crippen molar-refractivity contribution in [3.05, 3.63) is 109 Å². The Balaban J connectivity index is 1.29. The third-order valence-electron chi connectivity index (χ3n) is 5.55. The minimum Gasteiger partial charge on any atom is -0.343 e. The Morgan fingerprint density at radius 3 is 2.25 bits per heavy atom. The van der Waals surface area contributed by atoms with E-state index >= 15 is 0 Å². The molecule has 0 fully saturated rings. The lowest BCUT2D eigenvalue weighted by Crippen LogP contribution is -2.33. The number of aromatic nitrogens is 5. The molecule has 2 N–H and O–H groups in total. The molecule has 0 radical (unpaired) electrons. The fourth-order valence-corrected chi connectivity index (χ4v) is 3.68. The van der Waals surface area contributed by atoms with Gasteiger partial charge in [-0.3, -0.25) is 9.59 Å². The summed E-state index contributed by atoms with van der Waals surface area (Å²) in [7, 11) is 0. The molecule has 2 aromatic heterocycles. The molecule has 2 amide bonds. The van der Waals surface area contributed by atoms with Crippen LogP contribution in [0.15, 0.2) is 97.7 Å². The summed E-state index contributed by atoms with van der Waals surface area (Å²) >= 11 is 0. The number of nitrogens with one attached hydrogen (secondary N) is 2. The summed E-state index contributed by atoms with van der Waals surface area (Å²) in [6.45, 7) is 1.82. The van der Waals surface area contributed by atoms with Crippen LogP contribution in [0.3, 0.4) is 0 Å². The molecule has 5 aromatic rings. The minimum atomic E-state index is -0.385. The zero-order valence-electron chi connectivity index (χ0n) is 19.5. The van der Waals surface area contributed by atoms with Crippen molar-refractivity contribution in [2.45, 2.75) is 6.92 Å². The van der Waals surface area contributed by atoms with Gasteiger partial charge in [0.05, 0.1) is 23.5 Å². The van der Waals surface area contributed by atoms with E-state index in [4.69, 9.17) is 0 Å². The lowest BCUT2D eigenvalue weighted by atomic mass is 10.1. The summed E-state index contributed by atoms with van der Waals surface area (Å²) in [5.41, 5.74) is 5.12. The number of amides is 2. The van der Waals surface area contributed by atoms with Gasteiger partial charge in [0, 0.05) is 17.4 Å². The quantitative estimate of drug-likeness (QED) is 0.371. The molecular weight excluding hydrogens is 454 g/mol. The third-order valence-corrected chi connectivity index (χ3v) is 5.55. The van der Waals surface area contributed by atoms with Gasteiger partial charge in [0.1, 0.15) is 18.3 Å². The van der Waals surface area contributed by atoms with Gasteiger partial charge in [-0.25, -0.2) is 14.3 Å². The Morgan fingerprint density at radius 2 is 1.56 bits per heavy atom. The van der Waals surface area contributed by atoms with Crippen molar-refractivity contribution >= 4 is 17.5 Å². The Labute approximate surface area is 207 Å². The first-order chi connectivity index (χ1) is 17.6. The van der Waals surface area contributed by atoms with E-state index in [1.165, 1.54) is 6.33 Å². The number of rotatable bonds is 7. The maximum Gasteiger partial charge on any atom is 0.255 e. The van der Waals surface area contributed by atoms with Crippen LogP contribution in [0.5, 0.6) is 0 Å². The van der Waals surface area contributed by atoms with Gasteiger partial charge >= 0.3 is 0 Å². The Kier molecular flexibility index (Phi) is 6.35. The summed E-state index contributed by atoms with van der Waals surface area (Å²) in [4.78, 5) is 29.5. The molecule has 0 saturated heterocycles. The smallest absolute Gasteiger partial charge is 0.255 e. The lowest BCUT2D eigenvalue weighted by Gasteiger charge is -2.08. The van der Waals surface area contributed by atoms with E-state index in [2.05, 4.69) is 25.8 Å². The van der Waals surface area contributed by atoms with Crippen molar-refractivity contribution in [1.82, 2.24) is 29.9 Å². The highest BCUT2D eigenvalue weighted by molar-refractivity contribution is 6.02. The summed E-state index contributed by atoms with van der Waals surface area (Å²) in [6, 6.07) is 24.5. The van der Waals surface area contributed by atoms with Crippen LogP contribution >= 0.6 is 0 Å². The Bertz CT molecular complexity index is 1470. The first-order valence-corrected chi connectivity index (χ1v) is 11.3. The van der Waals surface area contributed by atoms with Crippen molar-refractivity contribution in [2.24, 2.45) is 0 Å². The number of aryl methyl sites for hydroxylation is 1. The molecule has 3 aromatic carbocycles.